The first-order valence-electron chi connectivity index (χ1n) is 16.0. The number of hydrogen-bond donors (Lipinski definition) is 2. The van der Waals surface area contributed by atoms with E-state index < -0.39 is 11.7 Å². The second kappa shape index (κ2) is 13.9. The summed E-state index contributed by atoms with van der Waals surface area (Å²) in [6.07, 6.45) is -0.718. The largest absolute Gasteiger partial charge is 0.416 e. The fraction of sp³-hybridized carbons (Fsp3) is 0.588. The number of nitrogens with one attached hydrogen (secondary N) is 2. The van der Waals surface area contributed by atoms with E-state index in [4.69, 9.17) is 0 Å². The summed E-state index contributed by atoms with van der Waals surface area (Å²) in [7, 11) is 0. The number of likely N-dealkylation sites (tertiary alicyclic amines) is 1. The van der Waals surface area contributed by atoms with Crippen LogP contribution in [0, 0.1) is 13.8 Å². The molecule has 2 heterocycles. The van der Waals surface area contributed by atoms with Gasteiger partial charge < -0.3 is 15.5 Å². The van der Waals surface area contributed by atoms with Crippen LogP contribution in [0.5, 0.6) is 0 Å². The van der Waals surface area contributed by atoms with Crippen molar-refractivity contribution in [3.8, 4) is 0 Å². The molecule has 2 aliphatic heterocycles. The van der Waals surface area contributed by atoms with Crippen LogP contribution < -0.4 is 10.6 Å². The summed E-state index contributed by atoms with van der Waals surface area (Å²) in [5.41, 5.74) is 3.39. The van der Waals surface area contributed by atoms with Gasteiger partial charge in [-0.05, 0) is 94.3 Å². The highest BCUT2D eigenvalue weighted by molar-refractivity contribution is 5.98. The number of hydrogen-bond acceptors (Lipinski definition) is 4. The molecule has 0 bridgehead atoms. The minimum absolute atomic E-state index is 0.0116. The average molecular weight is 616 g/mol. The van der Waals surface area contributed by atoms with E-state index in [0.717, 1.165) is 62.0 Å². The van der Waals surface area contributed by atoms with Crippen molar-refractivity contribution in [2.75, 3.05) is 44.6 Å². The maximum absolute atomic E-state index is 13.7. The van der Waals surface area contributed by atoms with Crippen LogP contribution in [-0.2, 0) is 6.18 Å². The van der Waals surface area contributed by atoms with E-state index >= 15 is 0 Å². The molecule has 2 aromatic rings. The van der Waals surface area contributed by atoms with Crippen molar-refractivity contribution in [1.29, 1.82) is 0 Å². The Kier molecular flexibility index (Phi) is 10.7. The van der Waals surface area contributed by atoms with E-state index in [0.29, 0.717) is 30.9 Å². The standard InChI is InChI=1S/C34H48F3N5O2/c1-7-29(26-10-12-27(13-11-26)34(35,36)37)42-19-18-41(22-25(42)6)33(8-2)14-16-40(17-15-33)31(43)30-23(4)20-28(21-24(30)5)39-32(44)38-9-3/h10-13,20-21,25,29H,7-9,14-19,22H2,1-6H3,(H2,38,39,44)/t25-,29-/m0/s1. The SMILES string of the molecule is CCNC(=O)Nc1cc(C)c(C(=O)N2CCC(CC)(N3CCN([C@@H](CC)c4ccc(C(F)(F)F)cc4)[C@@H](C)C3)CC2)c(C)c1. The molecule has 0 aliphatic carbocycles. The van der Waals surface area contributed by atoms with Gasteiger partial charge in [0.2, 0.25) is 0 Å². The van der Waals surface area contributed by atoms with Crippen LogP contribution in [-0.4, -0.2) is 77.5 Å². The first-order valence-corrected chi connectivity index (χ1v) is 16.0. The molecule has 0 spiro atoms. The fourth-order valence-corrected chi connectivity index (χ4v) is 7.31. The Bertz CT molecular complexity index is 1280. The van der Waals surface area contributed by atoms with Gasteiger partial charge in [-0.1, -0.05) is 26.0 Å². The number of rotatable bonds is 8. The number of nitrogens with zero attached hydrogens (tertiary/aromatic N) is 3. The lowest BCUT2D eigenvalue weighted by atomic mass is 9.81. The molecule has 0 unspecified atom stereocenters. The molecule has 2 saturated heterocycles. The van der Waals surface area contributed by atoms with Gasteiger partial charge in [0.25, 0.3) is 5.91 Å². The maximum atomic E-state index is 13.7. The second-order valence-electron chi connectivity index (χ2n) is 12.4. The number of carbonyl (C=O) groups is 2. The predicted molar refractivity (Wildman–Crippen MR) is 169 cm³/mol. The van der Waals surface area contributed by atoms with Crippen molar-refractivity contribution in [2.24, 2.45) is 0 Å². The Labute approximate surface area is 260 Å². The first-order chi connectivity index (χ1) is 20.8. The van der Waals surface area contributed by atoms with Gasteiger partial charge in [-0.3, -0.25) is 14.6 Å². The summed E-state index contributed by atoms with van der Waals surface area (Å²) < 4.78 is 39.4. The van der Waals surface area contributed by atoms with Crippen LogP contribution in [0.3, 0.4) is 0 Å². The van der Waals surface area contributed by atoms with Crippen molar-refractivity contribution >= 4 is 17.6 Å². The Hall–Kier alpha value is -3.11. The van der Waals surface area contributed by atoms with E-state index in [2.05, 4.69) is 41.2 Å². The third kappa shape index (κ3) is 7.23. The van der Waals surface area contributed by atoms with Crippen LogP contribution in [0.15, 0.2) is 36.4 Å². The minimum atomic E-state index is -4.33. The Morgan fingerprint density at radius 1 is 0.977 bits per heavy atom. The molecular formula is C34H48F3N5O2. The quantitative estimate of drug-likeness (QED) is 0.336. The molecule has 44 heavy (non-hydrogen) atoms. The summed E-state index contributed by atoms with van der Waals surface area (Å²) in [4.78, 5) is 32.7. The van der Waals surface area contributed by atoms with Crippen molar-refractivity contribution in [3.05, 3.63) is 64.2 Å². The summed E-state index contributed by atoms with van der Waals surface area (Å²) in [5.74, 6) is 0.0368. The van der Waals surface area contributed by atoms with Gasteiger partial charge in [-0.15, -0.1) is 0 Å². The van der Waals surface area contributed by atoms with E-state index in [1.165, 1.54) is 12.1 Å². The number of piperidine rings is 1. The number of amides is 3. The number of benzene rings is 2. The summed E-state index contributed by atoms with van der Waals surface area (Å²) in [6.45, 7) is 16.8. The van der Waals surface area contributed by atoms with E-state index in [9.17, 15) is 22.8 Å². The third-order valence-corrected chi connectivity index (χ3v) is 9.74. The molecular weight excluding hydrogens is 567 g/mol. The van der Waals surface area contributed by atoms with E-state index in [1.54, 1.807) is 12.1 Å². The van der Waals surface area contributed by atoms with Gasteiger partial charge in [0.15, 0.2) is 0 Å². The van der Waals surface area contributed by atoms with Crippen LogP contribution in [0.1, 0.15) is 92.0 Å². The first kappa shape index (κ1) is 33.8. The second-order valence-corrected chi connectivity index (χ2v) is 12.4. The number of piperazine rings is 1. The third-order valence-electron chi connectivity index (χ3n) is 9.74. The van der Waals surface area contributed by atoms with Gasteiger partial charge in [0.05, 0.1) is 5.56 Å². The molecule has 2 fully saturated rings. The number of carbonyl (C=O) groups excluding carboxylic acids is 2. The van der Waals surface area contributed by atoms with Gasteiger partial charge in [-0.25, -0.2) is 4.79 Å². The monoisotopic (exact) mass is 615 g/mol. The number of urea groups is 1. The molecule has 2 N–H and O–H groups in total. The van der Waals surface area contributed by atoms with Gasteiger partial charge >= 0.3 is 12.2 Å². The minimum Gasteiger partial charge on any atom is -0.338 e. The Balaban J connectivity index is 1.40. The molecule has 4 rings (SSSR count). The summed E-state index contributed by atoms with van der Waals surface area (Å²) in [5, 5.41) is 5.56. The average Bonchev–Trinajstić information content (AvgIpc) is 2.98. The fourth-order valence-electron chi connectivity index (χ4n) is 7.31. The number of alkyl halides is 3. The van der Waals surface area contributed by atoms with Crippen LogP contribution in [0.2, 0.25) is 0 Å². The van der Waals surface area contributed by atoms with Crippen LogP contribution >= 0.6 is 0 Å². The highest BCUT2D eigenvalue weighted by atomic mass is 19.4. The number of halogens is 3. The molecule has 2 aromatic carbocycles. The van der Waals surface area contributed by atoms with Gasteiger partial charge in [0, 0.05) is 68.1 Å². The zero-order chi connectivity index (χ0) is 32.2. The lowest BCUT2D eigenvalue weighted by molar-refractivity contribution is -0.137. The predicted octanol–water partition coefficient (Wildman–Crippen LogP) is 7.01. The molecule has 0 aromatic heterocycles. The van der Waals surface area contributed by atoms with Crippen LogP contribution in [0.4, 0.5) is 23.7 Å². The van der Waals surface area contributed by atoms with E-state index in [1.807, 2.05) is 37.8 Å². The molecule has 242 valence electrons. The van der Waals surface area contributed by atoms with Gasteiger partial charge in [-0.2, -0.15) is 13.2 Å². The highest BCUT2D eigenvalue weighted by Crippen LogP contribution is 2.38. The van der Waals surface area contributed by atoms with Crippen molar-refractivity contribution in [1.82, 2.24) is 20.0 Å². The molecule has 0 saturated carbocycles. The molecule has 10 heteroatoms. The maximum Gasteiger partial charge on any atom is 0.416 e. The van der Waals surface area contributed by atoms with Crippen molar-refractivity contribution < 1.29 is 22.8 Å². The van der Waals surface area contributed by atoms with Crippen molar-refractivity contribution in [3.63, 3.8) is 0 Å². The zero-order valence-electron chi connectivity index (χ0n) is 27.0. The highest BCUT2D eigenvalue weighted by Gasteiger charge is 2.43. The molecule has 2 aliphatic rings. The topological polar surface area (TPSA) is 67.9 Å². The molecule has 3 amide bonds. The van der Waals surface area contributed by atoms with Gasteiger partial charge in [0.1, 0.15) is 0 Å². The van der Waals surface area contributed by atoms with Crippen LogP contribution in [0.25, 0.3) is 0 Å². The molecule has 7 nitrogen and oxygen atoms in total. The summed E-state index contributed by atoms with van der Waals surface area (Å²) >= 11 is 0. The summed E-state index contributed by atoms with van der Waals surface area (Å²) in [6, 6.07) is 9.41. The lowest BCUT2D eigenvalue weighted by Crippen LogP contribution is -2.63. The normalized spacial score (nSPS) is 20.3. The number of aryl methyl sites for hydroxylation is 2. The number of anilines is 1. The smallest absolute Gasteiger partial charge is 0.338 e. The van der Waals surface area contributed by atoms with Crippen molar-refractivity contribution in [2.45, 2.75) is 91.0 Å². The lowest BCUT2D eigenvalue weighted by Gasteiger charge is -2.54. The zero-order valence-corrected chi connectivity index (χ0v) is 27.0. The van der Waals surface area contributed by atoms with E-state index in [-0.39, 0.29) is 29.6 Å². The Morgan fingerprint density at radius 2 is 1.59 bits per heavy atom. The molecule has 2 atom stereocenters. The Morgan fingerprint density at radius 3 is 2.09 bits per heavy atom. The molecule has 0 radical (unpaired) electrons.